The van der Waals surface area contributed by atoms with E-state index in [4.69, 9.17) is 29.6 Å². The molecule has 0 saturated heterocycles. The molecule has 0 spiro atoms. The molecule has 19 heavy (non-hydrogen) atoms. The monoisotopic (exact) mass is 291 g/mol. The van der Waals surface area contributed by atoms with Crippen molar-refractivity contribution in [1.29, 1.82) is 0 Å². The highest BCUT2D eigenvalue weighted by Gasteiger charge is 2.08. The van der Waals surface area contributed by atoms with Crippen LogP contribution >= 0.6 is 23.8 Å². The van der Waals surface area contributed by atoms with E-state index in [9.17, 15) is 0 Å². The number of aromatic nitrogens is 1. The number of hydrogen-bond acceptors (Lipinski definition) is 3. The summed E-state index contributed by atoms with van der Waals surface area (Å²) >= 11 is 11.1. The third kappa shape index (κ3) is 3.43. The van der Waals surface area contributed by atoms with Crippen molar-refractivity contribution in [2.45, 2.75) is 6.54 Å². The zero-order valence-electron chi connectivity index (χ0n) is 10.5. The molecule has 0 saturated carbocycles. The lowest BCUT2D eigenvalue weighted by molar-refractivity contribution is 0.885. The molecule has 0 atom stereocenters. The van der Waals surface area contributed by atoms with Crippen LogP contribution in [0.15, 0.2) is 42.6 Å². The van der Waals surface area contributed by atoms with E-state index in [1.54, 1.807) is 6.20 Å². The molecule has 0 aliphatic carbocycles. The molecule has 0 aliphatic heterocycles. The minimum absolute atomic E-state index is 0.309. The largest absolute Gasteiger partial charge is 0.389 e. The number of anilines is 1. The molecule has 2 rings (SSSR count). The minimum atomic E-state index is 0.309. The summed E-state index contributed by atoms with van der Waals surface area (Å²) < 4.78 is 0. The Morgan fingerprint density at radius 1 is 1.37 bits per heavy atom. The lowest BCUT2D eigenvalue weighted by atomic mass is 10.2. The second-order valence-corrected chi connectivity index (χ2v) is 5.05. The average molecular weight is 292 g/mol. The van der Waals surface area contributed by atoms with Crippen LogP contribution < -0.4 is 10.6 Å². The number of benzene rings is 1. The van der Waals surface area contributed by atoms with Crippen molar-refractivity contribution in [3.63, 3.8) is 0 Å². The summed E-state index contributed by atoms with van der Waals surface area (Å²) in [7, 11) is 1.99. The van der Waals surface area contributed by atoms with Gasteiger partial charge in [-0.15, -0.1) is 0 Å². The molecule has 0 amide bonds. The zero-order valence-corrected chi connectivity index (χ0v) is 12.1. The Morgan fingerprint density at radius 3 is 2.74 bits per heavy atom. The van der Waals surface area contributed by atoms with Crippen LogP contribution in [0, 0.1) is 0 Å². The highest BCUT2D eigenvalue weighted by atomic mass is 35.5. The fourth-order valence-corrected chi connectivity index (χ4v) is 2.28. The molecule has 0 fully saturated rings. The zero-order chi connectivity index (χ0) is 13.8. The molecule has 0 radical (unpaired) electrons. The topological polar surface area (TPSA) is 42.2 Å². The first kappa shape index (κ1) is 13.8. The van der Waals surface area contributed by atoms with E-state index in [0.29, 0.717) is 22.1 Å². The van der Waals surface area contributed by atoms with E-state index in [0.717, 1.165) is 11.4 Å². The first-order chi connectivity index (χ1) is 9.08. The van der Waals surface area contributed by atoms with Crippen LogP contribution in [-0.4, -0.2) is 17.0 Å². The van der Waals surface area contributed by atoms with Crippen molar-refractivity contribution in [1.82, 2.24) is 4.98 Å². The van der Waals surface area contributed by atoms with Crippen molar-refractivity contribution in [2.24, 2.45) is 5.73 Å². The van der Waals surface area contributed by atoms with Gasteiger partial charge in [-0.25, -0.2) is 0 Å². The quantitative estimate of drug-likeness (QED) is 0.880. The molecular formula is C14H14ClN3S. The van der Waals surface area contributed by atoms with Crippen LogP contribution in [0.1, 0.15) is 11.3 Å². The van der Waals surface area contributed by atoms with Crippen LogP contribution in [0.2, 0.25) is 5.02 Å². The molecule has 0 unspecified atom stereocenters. The molecular weight excluding hydrogens is 278 g/mol. The molecule has 98 valence electrons. The molecule has 2 aromatic rings. The number of nitrogens with two attached hydrogens (primary N) is 1. The maximum atomic E-state index is 6.16. The number of thiocarbonyl (C=S) groups is 1. The summed E-state index contributed by atoms with van der Waals surface area (Å²) in [6, 6.07) is 11.5. The Kier molecular flexibility index (Phi) is 4.35. The van der Waals surface area contributed by atoms with Gasteiger partial charge in [0.05, 0.1) is 17.3 Å². The van der Waals surface area contributed by atoms with Gasteiger partial charge in [-0.1, -0.05) is 29.9 Å². The Hall–Kier alpha value is -1.65. The van der Waals surface area contributed by atoms with Gasteiger partial charge in [0.15, 0.2) is 0 Å². The van der Waals surface area contributed by atoms with E-state index in [2.05, 4.69) is 9.88 Å². The van der Waals surface area contributed by atoms with Gasteiger partial charge in [-0.05, 0) is 30.3 Å². The SMILES string of the molecule is CN(Cc1ccccn1)c1ccc(C(N)=S)c(Cl)c1. The van der Waals surface area contributed by atoms with Crippen LogP contribution in [0.3, 0.4) is 0 Å². The van der Waals surface area contributed by atoms with Crippen LogP contribution in [0.4, 0.5) is 5.69 Å². The molecule has 3 nitrogen and oxygen atoms in total. The summed E-state index contributed by atoms with van der Waals surface area (Å²) in [5.41, 5.74) is 8.28. The first-order valence-corrected chi connectivity index (χ1v) is 6.57. The maximum absolute atomic E-state index is 6.16. The lowest BCUT2D eigenvalue weighted by Crippen LogP contribution is -2.17. The Balaban J connectivity index is 2.18. The number of hydrogen-bond donors (Lipinski definition) is 1. The molecule has 0 bridgehead atoms. The summed E-state index contributed by atoms with van der Waals surface area (Å²) in [5.74, 6) is 0. The Bertz CT molecular complexity index is 586. The Morgan fingerprint density at radius 2 is 2.16 bits per heavy atom. The van der Waals surface area contributed by atoms with E-state index < -0.39 is 0 Å². The summed E-state index contributed by atoms with van der Waals surface area (Å²) in [6.07, 6.45) is 1.78. The van der Waals surface area contributed by atoms with Gasteiger partial charge in [0.1, 0.15) is 4.99 Å². The minimum Gasteiger partial charge on any atom is -0.389 e. The normalized spacial score (nSPS) is 10.2. The van der Waals surface area contributed by atoms with Crippen molar-refractivity contribution in [3.05, 3.63) is 58.9 Å². The van der Waals surface area contributed by atoms with Gasteiger partial charge in [0, 0.05) is 24.5 Å². The number of rotatable bonds is 4. The van der Waals surface area contributed by atoms with Gasteiger partial charge in [0.2, 0.25) is 0 Å². The third-order valence-corrected chi connectivity index (χ3v) is 3.32. The van der Waals surface area contributed by atoms with Gasteiger partial charge >= 0.3 is 0 Å². The molecule has 1 aromatic carbocycles. The van der Waals surface area contributed by atoms with E-state index in [-0.39, 0.29) is 0 Å². The van der Waals surface area contributed by atoms with Crippen LogP contribution in [0.5, 0.6) is 0 Å². The van der Waals surface area contributed by atoms with Crippen LogP contribution in [-0.2, 0) is 6.54 Å². The predicted molar refractivity (Wildman–Crippen MR) is 83.7 cm³/mol. The first-order valence-electron chi connectivity index (χ1n) is 5.78. The molecule has 0 aliphatic rings. The smallest absolute Gasteiger partial charge is 0.105 e. The van der Waals surface area contributed by atoms with E-state index in [1.807, 2.05) is 43.4 Å². The van der Waals surface area contributed by atoms with Crippen molar-refractivity contribution >= 4 is 34.5 Å². The van der Waals surface area contributed by atoms with Crippen molar-refractivity contribution in [3.8, 4) is 0 Å². The van der Waals surface area contributed by atoms with Gasteiger partial charge < -0.3 is 10.6 Å². The average Bonchev–Trinajstić information content (AvgIpc) is 2.39. The summed E-state index contributed by atoms with van der Waals surface area (Å²) in [6.45, 7) is 0.712. The lowest BCUT2D eigenvalue weighted by Gasteiger charge is -2.19. The maximum Gasteiger partial charge on any atom is 0.105 e. The molecule has 1 heterocycles. The van der Waals surface area contributed by atoms with Gasteiger partial charge in [-0.3, -0.25) is 4.98 Å². The summed E-state index contributed by atoms with van der Waals surface area (Å²) in [4.78, 5) is 6.67. The Labute approximate surface area is 123 Å². The van der Waals surface area contributed by atoms with Crippen molar-refractivity contribution in [2.75, 3.05) is 11.9 Å². The van der Waals surface area contributed by atoms with Gasteiger partial charge in [0.25, 0.3) is 0 Å². The highest BCUT2D eigenvalue weighted by molar-refractivity contribution is 7.80. The second-order valence-electron chi connectivity index (χ2n) is 4.21. The number of nitrogens with zero attached hydrogens (tertiary/aromatic N) is 2. The molecule has 1 aromatic heterocycles. The fourth-order valence-electron chi connectivity index (χ4n) is 1.77. The standard InChI is InChI=1S/C14H14ClN3S/c1-18(9-10-4-2-3-7-17-10)11-5-6-12(14(16)19)13(15)8-11/h2-8H,9H2,1H3,(H2,16,19). The van der Waals surface area contributed by atoms with E-state index >= 15 is 0 Å². The number of pyridine rings is 1. The van der Waals surface area contributed by atoms with E-state index in [1.165, 1.54) is 0 Å². The molecule has 2 N–H and O–H groups in total. The van der Waals surface area contributed by atoms with Gasteiger partial charge in [-0.2, -0.15) is 0 Å². The number of halogens is 1. The fraction of sp³-hybridized carbons (Fsp3) is 0.143. The third-order valence-electron chi connectivity index (χ3n) is 2.78. The van der Waals surface area contributed by atoms with Crippen LogP contribution in [0.25, 0.3) is 0 Å². The predicted octanol–water partition coefficient (Wildman–Crippen LogP) is 3.01. The highest BCUT2D eigenvalue weighted by Crippen LogP contribution is 2.23. The summed E-state index contributed by atoms with van der Waals surface area (Å²) in [5, 5.41) is 0.567. The van der Waals surface area contributed by atoms with Crippen molar-refractivity contribution < 1.29 is 0 Å². The molecule has 5 heteroatoms. The second kappa shape index (κ2) is 5.99.